The number of rotatable bonds is 3. The summed E-state index contributed by atoms with van der Waals surface area (Å²) in [5.74, 6) is 2.36. The average molecular weight is 438 g/mol. The largest absolute Gasteiger partial charge is 0.489 e. The molecule has 2 aliphatic heterocycles. The number of aromatic amines is 1. The standard InChI is InChI=1S/C24H24ClN3O3/c25-18-13-16(14-21-23(18)31-12-4-11-30-21)8-9-22(29)28-10-3-5-17(15-28)24-26-19-6-1-2-7-20(19)27-24/h1-2,6-9,13-14,17H,3-5,10-12,15H2,(H,26,27)/b9-8+. The van der Waals surface area contributed by atoms with Crippen molar-refractivity contribution in [3.8, 4) is 11.5 Å². The minimum atomic E-state index is -0.0101. The molecular formula is C24H24ClN3O3. The highest BCUT2D eigenvalue weighted by atomic mass is 35.5. The van der Waals surface area contributed by atoms with Crippen molar-refractivity contribution in [1.82, 2.24) is 14.9 Å². The second-order valence-corrected chi connectivity index (χ2v) is 8.38. The molecular weight excluding hydrogens is 414 g/mol. The first-order chi connectivity index (χ1) is 15.2. The maximum absolute atomic E-state index is 12.9. The van der Waals surface area contributed by atoms with Gasteiger partial charge in [0, 0.05) is 31.5 Å². The highest BCUT2D eigenvalue weighted by Crippen LogP contribution is 2.38. The lowest BCUT2D eigenvalue weighted by molar-refractivity contribution is -0.127. The number of carbonyl (C=O) groups is 1. The molecule has 3 aromatic rings. The molecule has 1 aromatic heterocycles. The molecule has 1 fully saturated rings. The summed E-state index contributed by atoms with van der Waals surface area (Å²) in [6.07, 6.45) is 6.18. The minimum Gasteiger partial charge on any atom is -0.489 e. The zero-order valence-corrected chi connectivity index (χ0v) is 17.9. The van der Waals surface area contributed by atoms with Crippen molar-refractivity contribution in [3.05, 3.63) is 58.9 Å². The number of para-hydroxylation sites is 2. The van der Waals surface area contributed by atoms with Crippen LogP contribution in [0.15, 0.2) is 42.5 Å². The van der Waals surface area contributed by atoms with E-state index in [1.54, 1.807) is 18.2 Å². The molecule has 160 valence electrons. The fraction of sp³-hybridized carbons (Fsp3) is 0.333. The number of H-pyrrole nitrogens is 1. The summed E-state index contributed by atoms with van der Waals surface area (Å²) in [5.41, 5.74) is 2.81. The predicted molar refractivity (Wildman–Crippen MR) is 121 cm³/mol. The molecule has 0 aliphatic carbocycles. The molecule has 6 nitrogen and oxygen atoms in total. The lowest BCUT2D eigenvalue weighted by atomic mass is 9.97. The molecule has 3 heterocycles. The molecule has 0 spiro atoms. The number of piperidine rings is 1. The first-order valence-electron chi connectivity index (χ1n) is 10.7. The summed E-state index contributed by atoms with van der Waals surface area (Å²) >= 11 is 6.36. The number of fused-ring (bicyclic) bond motifs is 2. The molecule has 1 N–H and O–H groups in total. The molecule has 0 saturated carbocycles. The Hall–Kier alpha value is -2.99. The number of carbonyl (C=O) groups excluding carboxylic acids is 1. The number of likely N-dealkylation sites (tertiary alicyclic amines) is 1. The van der Waals surface area contributed by atoms with Crippen molar-refractivity contribution in [3.63, 3.8) is 0 Å². The first kappa shape index (κ1) is 19.9. The van der Waals surface area contributed by atoms with E-state index < -0.39 is 0 Å². The summed E-state index contributed by atoms with van der Waals surface area (Å²) in [6.45, 7) is 2.58. The lowest BCUT2D eigenvalue weighted by Crippen LogP contribution is -2.38. The van der Waals surface area contributed by atoms with Gasteiger partial charge in [-0.2, -0.15) is 0 Å². The zero-order valence-electron chi connectivity index (χ0n) is 17.1. The highest BCUT2D eigenvalue weighted by Gasteiger charge is 2.26. The number of imidazole rings is 1. The number of nitrogens with zero attached hydrogens (tertiary/aromatic N) is 2. The third-order valence-corrected chi connectivity index (χ3v) is 6.05. The number of amides is 1. The van der Waals surface area contributed by atoms with Crippen LogP contribution in [0.1, 0.15) is 36.6 Å². The van der Waals surface area contributed by atoms with Gasteiger partial charge in [-0.3, -0.25) is 4.79 Å². The maximum atomic E-state index is 12.9. The van der Waals surface area contributed by atoms with Gasteiger partial charge in [-0.25, -0.2) is 4.98 Å². The second-order valence-electron chi connectivity index (χ2n) is 7.98. The van der Waals surface area contributed by atoms with Gasteiger partial charge < -0.3 is 19.4 Å². The number of halogens is 1. The van der Waals surface area contributed by atoms with Crippen LogP contribution >= 0.6 is 11.6 Å². The van der Waals surface area contributed by atoms with Gasteiger partial charge in [-0.1, -0.05) is 23.7 Å². The van der Waals surface area contributed by atoms with E-state index in [1.165, 1.54) is 0 Å². The van der Waals surface area contributed by atoms with Crippen LogP contribution in [0.25, 0.3) is 17.1 Å². The molecule has 0 bridgehead atoms. The number of hydrogen-bond acceptors (Lipinski definition) is 4. The fourth-order valence-electron chi connectivity index (χ4n) is 4.19. The second kappa shape index (κ2) is 8.63. The fourth-order valence-corrected chi connectivity index (χ4v) is 4.46. The van der Waals surface area contributed by atoms with Crippen LogP contribution in [0, 0.1) is 0 Å². The molecule has 1 amide bonds. The number of ether oxygens (including phenoxy) is 2. The monoisotopic (exact) mass is 437 g/mol. The molecule has 31 heavy (non-hydrogen) atoms. The zero-order chi connectivity index (χ0) is 21.2. The molecule has 2 aromatic carbocycles. The first-order valence-corrected chi connectivity index (χ1v) is 11.1. The molecule has 1 atom stereocenters. The lowest BCUT2D eigenvalue weighted by Gasteiger charge is -2.31. The van der Waals surface area contributed by atoms with Gasteiger partial charge in [0.05, 0.1) is 29.3 Å². The van der Waals surface area contributed by atoms with Crippen molar-refractivity contribution in [2.24, 2.45) is 0 Å². The van der Waals surface area contributed by atoms with Crippen molar-refractivity contribution >= 4 is 34.6 Å². The van der Waals surface area contributed by atoms with E-state index in [0.29, 0.717) is 36.3 Å². The Bertz CT molecular complexity index is 1110. The Morgan fingerprint density at radius 2 is 2.06 bits per heavy atom. The van der Waals surface area contributed by atoms with Gasteiger partial charge in [0.2, 0.25) is 5.91 Å². The Labute approximate surface area is 185 Å². The minimum absolute atomic E-state index is 0.0101. The molecule has 7 heteroatoms. The van der Waals surface area contributed by atoms with Crippen LogP contribution in [0.2, 0.25) is 5.02 Å². The van der Waals surface area contributed by atoms with E-state index >= 15 is 0 Å². The number of nitrogens with one attached hydrogen (secondary N) is 1. The summed E-state index contributed by atoms with van der Waals surface area (Å²) in [4.78, 5) is 22.9. The molecule has 2 aliphatic rings. The van der Waals surface area contributed by atoms with Gasteiger partial charge in [0.15, 0.2) is 11.5 Å². The van der Waals surface area contributed by atoms with E-state index in [2.05, 4.69) is 4.98 Å². The Kier molecular flexibility index (Phi) is 5.55. The quantitative estimate of drug-likeness (QED) is 0.598. The molecule has 5 rings (SSSR count). The normalized spacial score (nSPS) is 19.0. The van der Waals surface area contributed by atoms with Gasteiger partial charge >= 0.3 is 0 Å². The SMILES string of the molecule is O=C(/C=C/c1cc(Cl)c2c(c1)OCCCO2)N1CCCC(c2nc3ccccc3[nH]2)C1. The van der Waals surface area contributed by atoms with Crippen LogP contribution < -0.4 is 9.47 Å². The molecule has 0 radical (unpaired) electrons. The number of benzene rings is 2. The van der Waals surface area contributed by atoms with Crippen molar-refractivity contribution in [2.75, 3.05) is 26.3 Å². The van der Waals surface area contributed by atoms with Crippen molar-refractivity contribution < 1.29 is 14.3 Å². The number of aromatic nitrogens is 2. The van der Waals surface area contributed by atoms with Crippen LogP contribution in [0.4, 0.5) is 0 Å². The summed E-state index contributed by atoms with van der Waals surface area (Å²) < 4.78 is 11.4. The van der Waals surface area contributed by atoms with E-state index in [9.17, 15) is 4.79 Å². The Morgan fingerprint density at radius 1 is 1.19 bits per heavy atom. The maximum Gasteiger partial charge on any atom is 0.246 e. The summed E-state index contributed by atoms with van der Waals surface area (Å²) in [6, 6.07) is 11.7. The van der Waals surface area contributed by atoms with E-state index in [1.807, 2.05) is 35.2 Å². The molecule has 1 unspecified atom stereocenters. The third kappa shape index (κ3) is 4.26. The van der Waals surface area contributed by atoms with Gasteiger partial charge in [-0.05, 0) is 48.7 Å². The van der Waals surface area contributed by atoms with E-state index in [4.69, 9.17) is 26.1 Å². The van der Waals surface area contributed by atoms with Gasteiger partial charge in [0.25, 0.3) is 0 Å². The molecule has 1 saturated heterocycles. The van der Waals surface area contributed by atoms with Gasteiger partial charge in [0.1, 0.15) is 5.82 Å². The Morgan fingerprint density at radius 3 is 2.97 bits per heavy atom. The van der Waals surface area contributed by atoms with Crippen LogP contribution in [-0.4, -0.2) is 47.1 Å². The van der Waals surface area contributed by atoms with E-state index in [0.717, 1.165) is 48.2 Å². The summed E-state index contributed by atoms with van der Waals surface area (Å²) in [7, 11) is 0. The van der Waals surface area contributed by atoms with Crippen molar-refractivity contribution in [1.29, 1.82) is 0 Å². The van der Waals surface area contributed by atoms with E-state index in [-0.39, 0.29) is 11.8 Å². The smallest absolute Gasteiger partial charge is 0.246 e. The van der Waals surface area contributed by atoms with Crippen molar-refractivity contribution in [2.45, 2.75) is 25.2 Å². The van der Waals surface area contributed by atoms with Crippen LogP contribution in [0.3, 0.4) is 0 Å². The topological polar surface area (TPSA) is 67.5 Å². The average Bonchev–Trinajstić information content (AvgIpc) is 3.08. The Balaban J connectivity index is 1.29. The van der Waals surface area contributed by atoms with Gasteiger partial charge in [-0.15, -0.1) is 0 Å². The van der Waals surface area contributed by atoms with Crippen LogP contribution in [0.5, 0.6) is 11.5 Å². The van der Waals surface area contributed by atoms with Crippen LogP contribution in [-0.2, 0) is 4.79 Å². The highest BCUT2D eigenvalue weighted by molar-refractivity contribution is 6.32. The predicted octanol–water partition coefficient (Wildman–Crippen LogP) is 4.80. The summed E-state index contributed by atoms with van der Waals surface area (Å²) in [5, 5.41) is 0.495. The number of hydrogen-bond donors (Lipinski definition) is 1. The third-order valence-electron chi connectivity index (χ3n) is 5.77.